The van der Waals surface area contributed by atoms with Gasteiger partial charge in [0.25, 0.3) is 0 Å². The van der Waals surface area contributed by atoms with Gasteiger partial charge < -0.3 is 25.4 Å². The van der Waals surface area contributed by atoms with Crippen LogP contribution in [0, 0.1) is 12.3 Å². The summed E-state index contributed by atoms with van der Waals surface area (Å²) in [7, 11) is 0. The minimum absolute atomic E-state index is 0.00804. The smallest absolute Gasteiger partial charge is 0.167 e. The van der Waals surface area contributed by atoms with Crippen LogP contribution < -0.4 is 5.73 Å². The second-order valence-corrected chi connectivity index (χ2v) is 4.80. The summed E-state index contributed by atoms with van der Waals surface area (Å²) in [5.41, 5.74) is 6.56. The van der Waals surface area contributed by atoms with Crippen LogP contribution in [0.4, 0.5) is 5.82 Å². The van der Waals surface area contributed by atoms with E-state index in [0.717, 1.165) is 0 Å². The summed E-state index contributed by atoms with van der Waals surface area (Å²) in [6, 6.07) is 0. The van der Waals surface area contributed by atoms with Gasteiger partial charge in [0.2, 0.25) is 0 Å². The van der Waals surface area contributed by atoms with Crippen molar-refractivity contribution in [1.29, 1.82) is 0 Å². The third kappa shape index (κ3) is 2.28. The van der Waals surface area contributed by atoms with Crippen LogP contribution in [-0.2, 0) is 9.47 Å². The number of hydrogen-bond acceptors (Lipinski definition) is 8. The molecule has 3 heterocycles. The molecular formula is C13H15N5O4. The molecule has 3 rings (SSSR count). The molecule has 1 aliphatic rings. The van der Waals surface area contributed by atoms with Crippen molar-refractivity contribution in [2.45, 2.75) is 24.5 Å². The summed E-state index contributed by atoms with van der Waals surface area (Å²) in [4.78, 5) is 12.1. The summed E-state index contributed by atoms with van der Waals surface area (Å²) < 4.78 is 12.6. The van der Waals surface area contributed by atoms with Gasteiger partial charge >= 0.3 is 0 Å². The van der Waals surface area contributed by atoms with E-state index < -0.39 is 24.5 Å². The molecule has 0 saturated carbocycles. The van der Waals surface area contributed by atoms with Gasteiger partial charge in [-0.15, -0.1) is 6.42 Å². The second kappa shape index (κ2) is 5.86. The largest absolute Gasteiger partial charge is 0.394 e. The van der Waals surface area contributed by atoms with Gasteiger partial charge in [-0.05, 0) is 0 Å². The highest BCUT2D eigenvalue weighted by molar-refractivity contribution is 5.81. The van der Waals surface area contributed by atoms with E-state index in [9.17, 15) is 10.2 Å². The number of rotatable bonds is 4. The van der Waals surface area contributed by atoms with Gasteiger partial charge in [-0.3, -0.25) is 4.57 Å². The zero-order chi connectivity index (χ0) is 15.7. The number of nitrogens with zero attached hydrogens (tertiary/aromatic N) is 4. The van der Waals surface area contributed by atoms with Crippen LogP contribution in [0.25, 0.3) is 11.2 Å². The maximum Gasteiger partial charge on any atom is 0.167 e. The van der Waals surface area contributed by atoms with Crippen molar-refractivity contribution in [1.82, 2.24) is 19.5 Å². The van der Waals surface area contributed by atoms with Gasteiger partial charge in [0.1, 0.15) is 36.8 Å². The van der Waals surface area contributed by atoms with Gasteiger partial charge in [-0.2, -0.15) is 0 Å². The number of anilines is 1. The molecule has 0 amide bonds. The Morgan fingerprint density at radius 1 is 1.45 bits per heavy atom. The molecule has 2 aromatic heterocycles. The third-order valence-electron chi connectivity index (χ3n) is 3.51. The van der Waals surface area contributed by atoms with Gasteiger partial charge in [0.15, 0.2) is 17.7 Å². The number of imidazole rings is 1. The molecule has 1 aliphatic heterocycles. The van der Waals surface area contributed by atoms with Crippen LogP contribution in [-0.4, -0.2) is 61.3 Å². The average Bonchev–Trinajstić information content (AvgIpc) is 3.07. The Kier molecular flexibility index (Phi) is 3.91. The van der Waals surface area contributed by atoms with E-state index in [2.05, 4.69) is 20.9 Å². The third-order valence-corrected chi connectivity index (χ3v) is 3.51. The molecule has 1 fully saturated rings. The van der Waals surface area contributed by atoms with E-state index in [4.69, 9.17) is 21.6 Å². The molecule has 22 heavy (non-hydrogen) atoms. The summed E-state index contributed by atoms with van der Waals surface area (Å²) in [6.45, 7) is -0.305. The van der Waals surface area contributed by atoms with Gasteiger partial charge in [0.05, 0.1) is 12.9 Å². The van der Waals surface area contributed by atoms with Crippen LogP contribution in [0.15, 0.2) is 12.7 Å². The van der Waals surface area contributed by atoms with Crippen LogP contribution >= 0.6 is 0 Å². The fourth-order valence-electron chi connectivity index (χ4n) is 2.50. The Morgan fingerprint density at radius 2 is 2.27 bits per heavy atom. The number of aliphatic hydroxyl groups is 2. The van der Waals surface area contributed by atoms with E-state index in [0.29, 0.717) is 11.2 Å². The highest BCUT2D eigenvalue weighted by atomic mass is 16.6. The van der Waals surface area contributed by atoms with Crippen molar-refractivity contribution in [2.75, 3.05) is 18.9 Å². The Morgan fingerprint density at radius 3 is 3.00 bits per heavy atom. The molecule has 0 radical (unpaired) electrons. The molecule has 0 aliphatic carbocycles. The van der Waals surface area contributed by atoms with Crippen LogP contribution in [0.2, 0.25) is 0 Å². The number of hydrogen-bond donors (Lipinski definition) is 3. The molecule has 0 spiro atoms. The van der Waals surface area contributed by atoms with Gasteiger partial charge in [-0.25, -0.2) is 15.0 Å². The molecule has 0 bridgehead atoms. The Labute approximate surface area is 125 Å². The van der Waals surface area contributed by atoms with Crippen LogP contribution in [0.1, 0.15) is 6.23 Å². The van der Waals surface area contributed by atoms with Crippen molar-refractivity contribution in [2.24, 2.45) is 0 Å². The lowest BCUT2D eigenvalue weighted by Gasteiger charge is -2.18. The number of nitrogen functional groups attached to an aromatic ring is 1. The van der Waals surface area contributed by atoms with Gasteiger partial charge in [0, 0.05) is 0 Å². The molecule has 4 atom stereocenters. The minimum Gasteiger partial charge on any atom is -0.394 e. The number of ether oxygens (including phenoxy) is 2. The first kappa shape index (κ1) is 14.7. The topological polar surface area (TPSA) is 129 Å². The maximum absolute atomic E-state index is 10.4. The van der Waals surface area contributed by atoms with E-state index in [1.807, 2.05) is 0 Å². The normalized spacial score (nSPS) is 28.0. The number of terminal acetylenes is 1. The van der Waals surface area contributed by atoms with Crippen molar-refractivity contribution in [3.63, 3.8) is 0 Å². The van der Waals surface area contributed by atoms with Crippen molar-refractivity contribution < 1.29 is 19.7 Å². The zero-order valence-electron chi connectivity index (χ0n) is 11.5. The Hall–Kier alpha value is -2.25. The first-order chi connectivity index (χ1) is 10.7. The lowest BCUT2D eigenvalue weighted by atomic mass is 10.1. The molecule has 1 unspecified atom stereocenters. The highest BCUT2D eigenvalue weighted by Crippen LogP contribution is 2.33. The fraction of sp³-hybridized carbons (Fsp3) is 0.462. The second-order valence-electron chi connectivity index (χ2n) is 4.80. The van der Waals surface area contributed by atoms with E-state index in [1.165, 1.54) is 17.2 Å². The van der Waals surface area contributed by atoms with Crippen molar-refractivity contribution >= 4 is 17.0 Å². The first-order valence-electron chi connectivity index (χ1n) is 6.59. The molecule has 4 N–H and O–H groups in total. The fourth-order valence-corrected chi connectivity index (χ4v) is 2.50. The number of nitrogens with two attached hydrogens (primary N) is 1. The first-order valence-corrected chi connectivity index (χ1v) is 6.59. The standard InChI is InChI=1S/C13H15N5O4/c1-2-3-21-10-7(4-19)22-13(9(10)20)18-6-17-8-11(14)15-5-16-12(8)18/h1,5-7,9-10,13,19-20H,3-4H2,(H2,14,15,16)/t7-,9?,10+,13-/m1/s1. The Balaban J connectivity index is 1.94. The molecule has 9 nitrogen and oxygen atoms in total. The highest BCUT2D eigenvalue weighted by Gasteiger charge is 2.45. The molecular weight excluding hydrogens is 290 g/mol. The quantitative estimate of drug-likeness (QED) is 0.593. The predicted octanol–water partition coefficient (Wildman–Crippen LogP) is -1.32. The Bertz CT molecular complexity index is 712. The van der Waals surface area contributed by atoms with E-state index >= 15 is 0 Å². The van der Waals surface area contributed by atoms with Crippen LogP contribution in [0.3, 0.4) is 0 Å². The van der Waals surface area contributed by atoms with Crippen molar-refractivity contribution in [3.8, 4) is 12.3 Å². The van der Waals surface area contributed by atoms with Crippen LogP contribution in [0.5, 0.6) is 0 Å². The van der Waals surface area contributed by atoms with Crippen molar-refractivity contribution in [3.05, 3.63) is 12.7 Å². The number of aromatic nitrogens is 4. The predicted molar refractivity (Wildman–Crippen MR) is 75.3 cm³/mol. The monoisotopic (exact) mass is 305 g/mol. The minimum atomic E-state index is -1.04. The maximum atomic E-state index is 10.4. The zero-order valence-corrected chi connectivity index (χ0v) is 11.5. The lowest BCUT2D eigenvalue weighted by Crippen LogP contribution is -2.36. The van der Waals surface area contributed by atoms with E-state index in [-0.39, 0.29) is 19.0 Å². The average molecular weight is 305 g/mol. The SMILES string of the molecule is C#CCO[C@@H]1C(O)[C@H](n2cnc3c(N)ncnc32)O[C@@H]1CO. The van der Waals surface area contributed by atoms with Gasteiger partial charge in [-0.1, -0.05) is 5.92 Å². The summed E-state index contributed by atoms with van der Waals surface area (Å²) >= 11 is 0. The lowest BCUT2D eigenvalue weighted by molar-refractivity contribution is -0.0560. The summed E-state index contributed by atoms with van der Waals surface area (Å²) in [5, 5.41) is 19.8. The molecule has 116 valence electrons. The molecule has 1 saturated heterocycles. The number of aliphatic hydroxyl groups excluding tert-OH is 2. The van der Waals surface area contributed by atoms with E-state index in [1.54, 1.807) is 0 Å². The molecule has 0 aromatic carbocycles. The summed E-state index contributed by atoms with van der Waals surface area (Å²) in [6.07, 6.45) is 4.58. The summed E-state index contributed by atoms with van der Waals surface area (Å²) in [5.74, 6) is 2.55. The molecule has 2 aromatic rings. The molecule has 9 heteroatoms. The number of fused-ring (bicyclic) bond motifs is 1.